The Morgan fingerprint density at radius 1 is 1.04 bits per heavy atom. The molecular formula is C20H16N4O. The quantitative estimate of drug-likeness (QED) is 0.419. The molecule has 25 heavy (non-hydrogen) atoms. The van der Waals surface area contributed by atoms with E-state index >= 15 is 0 Å². The summed E-state index contributed by atoms with van der Waals surface area (Å²) >= 11 is 0. The maximum Gasteiger partial charge on any atom is 0.224 e. The summed E-state index contributed by atoms with van der Waals surface area (Å²) in [4.78, 5) is 4.50. The Bertz CT molecular complexity index is 1090. The van der Waals surface area contributed by atoms with Gasteiger partial charge in [0.25, 0.3) is 0 Å². The number of aromatic nitrogens is 4. The third kappa shape index (κ3) is 2.12. The molecule has 4 heterocycles. The molecule has 5 rings (SSSR count). The standard InChI is InChI=1S/C20H16N4O/c25-24-13-10-15(14-6-1-2-8-17(14)24)19-18-9-5-12-23(18)22-20(19)16-7-3-4-11-21-16/h1-4,6-8,10-11,13H,5,9,12H2. The van der Waals surface area contributed by atoms with E-state index in [2.05, 4.69) is 9.67 Å². The van der Waals surface area contributed by atoms with Crippen LogP contribution in [0.5, 0.6) is 0 Å². The van der Waals surface area contributed by atoms with E-state index in [1.54, 1.807) is 12.4 Å². The van der Waals surface area contributed by atoms with Crippen molar-refractivity contribution >= 4 is 10.9 Å². The summed E-state index contributed by atoms with van der Waals surface area (Å²) in [5.74, 6) is 0. The number of para-hydroxylation sites is 1. The average molecular weight is 328 g/mol. The first kappa shape index (κ1) is 14.2. The maximum atomic E-state index is 12.2. The fourth-order valence-corrected chi connectivity index (χ4v) is 3.72. The van der Waals surface area contributed by atoms with Gasteiger partial charge in [-0.05, 0) is 31.0 Å². The highest BCUT2D eigenvalue weighted by Crippen LogP contribution is 2.39. The number of hydrogen-bond donors (Lipinski definition) is 0. The summed E-state index contributed by atoms with van der Waals surface area (Å²) in [6, 6.07) is 15.5. The van der Waals surface area contributed by atoms with Crippen molar-refractivity contribution < 1.29 is 4.73 Å². The number of benzene rings is 1. The van der Waals surface area contributed by atoms with Gasteiger partial charge in [-0.3, -0.25) is 9.67 Å². The molecule has 5 nitrogen and oxygen atoms in total. The number of hydrogen-bond acceptors (Lipinski definition) is 3. The predicted molar refractivity (Wildman–Crippen MR) is 95.7 cm³/mol. The minimum atomic E-state index is 0.671. The van der Waals surface area contributed by atoms with Crippen molar-refractivity contribution in [2.24, 2.45) is 0 Å². The van der Waals surface area contributed by atoms with Crippen LogP contribution in [0.3, 0.4) is 0 Å². The first-order valence-corrected chi connectivity index (χ1v) is 8.45. The highest BCUT2D eigenvalue weighted by Gasteiger charge is 2.26. The highest BCUT2D eigenvalue weighted by atomic mass is 16.5. The van der Waals surface area contributed by atoms with Crippen LogP contribution in [-0.4, -0.2) is 14.8 Å². The van der Waals surface area contributed by atoms with Crippen molar-refractivity contribution in [3.63, 3.8) is 0 Å². The van der Waals surface area contributed by atoms with Crippen LogP contribution in [0.1, 0.15) is 12.1 Å². The van der Waals surface area contributed by atoms with Crippen LogP contribution >= 0.6 is 0 Å². The molecule has 0 saturated heterocycles. The van der Waals surface area contributed by atoms with E-state index in [1.807, 2.05) is 48.5 Å². The van der Waals surface area contributed by atoms with Gasteiger partial charge in [0.1, 0.15) is 5.69 Å². The number of pyridine rings is 2. The molecule has 5 heteroatoms. The molecule has 3 aromatic heterocycles. The molecule has 0 radical (unpaired) electrons. The number of nitrogens with zero attached hydrogens (tertiary/aromatic N) is 4. The topological polar surface area (TPSA) is 57.6 Å². The molecule has 1 aromatic carbocycles. The summed E-state index contributed by atoms with van der Waals surface area (Å²) in [6.45, 7) is 0.932. The molecule has 0 spiro atoms. The second kappa shape index (κ2) is 5.41. The molecule has 0 unspecified atom stereocenters. The molecule has 0 atom stereocenters. The zero-order chi connectivity index (χ0) is 16.8. The second-order valence-corrected chi connectivity index (χ2v) is 6.28. The smallest absolute Gasteiger partial charge is 0.224 e. The maximum absolute atomic E-state index is 12.2. The van der Waals surface area contributed by atoms with Crippen molar-refractivity contribution in [2.75, 3.05) is 0 Å². The van der Waals surface area contributed by atoms with Crippen molar-refractivity contribution in [3.05, 3.63) is 71.8 Å². The lowest BCUT2D eigenvalue weighted by atomic mass is 9.97. The summed E-state index contributed by atoms with van der Waals surface area (Å²) in [5.41, 5.74) is 5.81. The monoisotopic (exact) mass is 328 g/mol. The Morgan fingerprint density at radius 3 is 2.80 bits per heavy atom. The summed E-state index contributed by atoms with van der Waals surface area (Å²) in [5, 5.41) is 18.0. The third-order valence-electron chi connectivity index (χ3n) is 4.83. The Kier molecular flexibility index (Phi) is 3.06. The van der Waals surface area contributed by atoms with Crippen LogP contribution in [0.2, 0.25) is 0 Å². The van der Waals surface area contributed by atoms with E-state index in [9.17, 15) is 5.21 Å². The highest BCUT2D eigenvalue weighted by molar-refractivity contribution is 5.97. The Hall–Kier alpha value is -3.21. The van der Waals surface area contributed by atoms with E-state index in [0.29, 0.717) is 5.52 Å². The van der Waals surface area contributed by atoms with Crippen LogP contribution in [0, 0.1) is 5.21 Å². The Balaban J connectivity index is 1.85. The summed E-state index contributed by atoms with van der Waals surface area (Å²) in [7, 11) is 0. The van der Waals surface area contributed by atoms with Gasteiger partial charge in [0.15, 0.2) is 6.20 Å². The van der Waals surface area contributed by atoms with E-state index in [4.69, 9.17) is 5.10 Å². The SMILES string of the molecule is [O-][n+]1ccc(-c2c(-c3ccccn3)nn3c2CCC3)c2ccccc21. The van der Waals surface area contributed by atoms with Crippen molar-refractivity contribution in [3.8, 4) is 22.5 Å². The molecule has 0 saturated carbocycles. The van der Waals surface area contributed by atoms with Crippen LogP contribution in [0.25, 0.3) is 33.4 Å². The fourth-order valence-electron chi connectivity index (χ4n) is 3.72. The number of aryl methyl sites for hydroxylation is 1. The van der Waals surface area contributed by atoms with Gasteiger partial charge >= 0.3 is 0 Å². The average Bonchev–Trinajstić information content (AvgIpc) is 3.25. The molecule has 0 N–H and O–H groups in total. The minimum absolute atomic E-state index is 0.671. The minimum Gasteiger partial charge on any atom is -0.618 e. The number of rotatable bonds is 2. The van der Waals surface area contributed by atoms with Crippen LogP contribution < -0.4 is 4.73 Å². The van der Waals surface area contributed by atoms with Gasteiger partial charge in [0.05, 0.1) is 11.1 Å². The van der Waals surface area contributed by atoms with Gasteiger partial charge in [-0.25, -0.2) is 0 Å². The van der Waals surface area contributed by atoms with E-state index in [-0.39, 0.29) is 0 Å². The fraction of sp³-hybridized carbons (Fsp3) is 0.150. The lowest BCUT2D eigenvalue weighted by molar-refractivity contribution is -0.576. The normalized spacial score (nSPS) is 13.3. The largest absolute Gasteiger partial charge is 0.618 e. The molecule has 122 valence electrons. The lowest BCUT2D eigenvalue weighted by Gasteiger charge is -2.09. The second-order valence-electron chi connectivity index (χ2n) is 6.28. The predicted octanol–water partition coefficient (Wildman–Crippen LogP) is 3.34. The summed E-state index contributed by atoms with van der Waals surface area (Å²) in [6.07, 6.45) is 5.47. The van der Waals surface area contributed by atoms with Gasteiger partial charge in [-0.1, -0.05) is 18.2 Å². The molecular weight excluding hydrogens is 312 g/mol. The molecule has 1 aliphatic heterocycles. The first-order valence-electron chi connectivity index (χ1n) is 8.45. The Morgan fingerprint density at radius 2 is 1.92 bits per heavy atom. The molecule has 0 fully saturated rings. The zero-order valence-electron chi connectivity index (χ0n) is 13.6. The molecule has 0 amide bonds. The van der Waals surface area contributed by atoms with E-state index in [0.717, 1.165) is 52.0 Å². The zero-order valence-corrected chi connectivity index (χ0v) is 13.6. The van der Waals surface area contributed by atoms with Crippen molar-refractivity contribution in [2.45, 2.75) is 19.4 Å². The van der Waals surface area contributed by atoms with Crippen LogP contribution in [0.15, 0.2) is 60.9 Å². The van der Waals surface area contributed by atoms with Gasteiger partial charge < -0.3 is 5.21 Å². The van der Waals surface area contributed by atoms with Gasteiger partial charge in [-0.2, -0.15) is 9.83 Å². The third-order valence-corrected chi connectivity index (χ3v) is 4.83. The van der Waals surface area contributed by atoms with E-state index < -0.39 is 0 Å². The summed E-state index contributed by atoms with van der Waals surface area (Å²) < 4.78 is 3.01. The molecule has 0 aliphatic carbocycles. The molecule has 4 aromatic rings. The van der Waals surface area contributed by atoms with Gasteiger partial charge in [0.2, 0.25) is 5.52 Å². The van der Waals surface area contributed by atoms with Gasteiger partial charge in [0, 0.05) is 41.7 Å². The first-order chi connectivity index (χ1) is 12.3. The van der Waals surface area contributed by atoms with E-state index in [1.165, 1.54) is 5.69 Å². The molecule has 0 bridgehead atoms. The van der Waals surface area contributed by atoms with Crippen molar-refractivity contribution in [1.29, 1.82) is 0 Å². The lowest BCUT2D eigenvalue weighted by Crippen LogP contribution is -2.26. The van der Waals surface area contributed by atoms with Gasteiger partial charge in [-0.15, -0.1) is 0 Å². The van der Waals surface area contributed by atoms with Crippen LogP contribution in [0.4, 0.5) is 0 Å². The Labute approximate surface area is 144 Å². The van der Waals surface area contributed by atoms with Crippen LogP contribution in [-0.2, 0) is 13.0 Å². The number of fused-ring (bicyclic) bond motifs is 2. The molecule has 1 aliphatic rings. The van der Waals surface area contributed by atoms with Crippen molar-refractivity contribution in [1.82, 2.24) is 14.8 Å².